The van der Waals surface area contributed by atoms with Crippen LogP contribution in [0.3, 0.4) is 0 Å². The number of nitrogens with one attached hydrogen (secondary N) is 1. The van der Waals surface area contributed by atoms with E-state index in [9.17, 15) is 25.9 Å². The summed E-state index contributed by atoms with van der Waals surface area (Å²) in [7, 11) is -9.61. The Labute approximate surface area is 323 Å². The van der Waals surface area contributed by atoms with Crippen molar-refractivity contribution in [3.05, 3.63) is 118 Å². The molecule has 53 heavy (non-hydrogen) atoms. The van der Waals surface area contributed by atoms with Crippen molar-refractivity contribution in [2.45, 2.75) is 77.0 Å². The summed E-state index contributed by atoms with van der Waals surface area (Å²) in [6, 6.07) is 22.9. The number of aryl methyl sites for hydroxylation is 5. The Morgan fingerprint density at radius 2 is 1.38 bits per heavy atom. The number of hydrogen-bond acceptors (Lipinski definition) is 9. The van der Waals surface area contributed by atoms with Gasteiger partial charge in [0.05, 0.1) is 20.8 Å². The molecule has 1 aliphatic carbocycles. The third kappa shape index (κ3) is 7.88. The van der Waals surface area contributed by atoms with E-state index in [1.165, 1.54) is 17.7 Å². The molecule has 0 radical (unpaired) electrons. The van der Waals surface area contributed by atoms with Gasteiger partial charge in [-0.25, -0.2) is 21.8 Å². The summed E-state index contributed by atoms with van der Waals surface area (Å²) < 4.78 is 81.3. The molecule has 12 heteroatoms. The van der Waals surface area contributed by atoms with Crippen molar-refractivity contribution < 1.29 is 49.2 Å². The van der Waals surface area contributed by atoms with E-state index in [4.69, 9.17) is 9.41 Å². The van der Waals surface area contributed by atoms with Crippen molar-refractivity contribution >= 4 is 48.3 Å². The Bertz CT molecular complexity index is 2610. The molecule has 9 nitrogen and oxygen atoms in total. The topological polar surface area (TPSA) is 152 Å². The predicted molar refractivity (Wildman–Crippen MR) is 203 cm³/mol. The van der Waals surface area contributed by atoms with E-state index in [2.05, 4.69) is 38.2 Å². The second-order valence-corrected chi connectivity index (χ2v) is 15.6. The van der Waals surface area contributed by atoms with Gasteiger partial charge in [-0.3, -0.25) is 0 Å². The summed E-state index contributed by atoms with van der Waals surface area (Å²) in [5.74, 6) is 0.417. The SMILES string of the molecule is CCc1cc(C)cc(CC)c1N=c1ccc2c(-c3ccccc3S(=O)(=O)[O-])c3ccc(Nc4c(CC)cc(C)c(S(=O)(=O)[O-])c4CC)cc3oc-2c1.[Li+]. The van der Waals surface area contributed by atoms with Crippen LogP contribution in [0, 0.1) is 13.8 Å². The Morgan fingerprint density at radius 1 is 0.717 bits per heavy atom. The van der Waals surface area contributed by atoms with Gasteiger partial charge in [0, 0.05) is 45.6 Å². The molecular weight excluding hydrogens is 704 g/mol. The van der Waals surface area contributed by atoms with Crippen LogP contribution in [-0.2, 0) is 45.9 Å². The maximum Gasteiger partial charge on any atom is 1.00 e. The molecule has 1 heterocycles. The fraction of sp³-hybridized carbons (Fsp3) is 0.244. The van der Waals surface area contributed by atoms with E-state index in [0.717, 1.165) is 35.2 Å². The summed E-state index contributed by atoms with van der Waals surface area (Å²) >= 11 is 0. The van der Waals surface area contributed by atoms with E-state index in [-0.39, 0.29) is 34.2 Å². The molecule has 0 unspecified atom stereocenters. The largest absolute Gasteiger partial charge is 1.00 e. The summed E-state index contributed by atoms with van der Waals surface area (Å²) in [4.78, 5) is 4.48. The van der Waals surface area contributed by atoms with E-state index in [0.29, 0.717) is 68.6 Å². The van der Waals surface area contributed by atoms with Gasteiger partial charge < -0.3 is 18.8 Å². The molecule has 4 aromatic rings. The number of fused-ring (bicyclic) bond motifs is 2. The number of benzene rings is 5. The Hall–Kier alpha value is -4.21. The van der Waals surface area contributed by atoms with Crippen molar-refractivity contribution in [1.82, 2.24) is 0 Å². The van der Waals surface area contributed by atoms with Gasteiger partial charge >= 0.3 is 18.9 Å². The molecule has 6 rings (SSSR count). The first-order valence-corrected chi connectivity index (χ1v) is 20.1. The zero-order valence-corrected chi connectivity index (χ0v) is 32.6. The number of nitrogens with zero attached hydrogens (tertiary/aromatic N) is 1. The summed E-state index contributed by atoms with van der Waals surface area (Å²) in [6.07, 6.45) is 2.49. The predicted octanol–water partition coefficient (Wildman–Crippen LogP) is 5.86. The minimum atomic E-state index is -4.86. The van der Waals surface area contributed by atoms with E-state index in [1.807, 2.05) is 19.1 Å². The quantitative estimate of drug-likeness (QED) is 0.104. The van der Waals surface area contributed by atoms with Gasteiger partial charge in [0.1, 0.15) is 31.6 Å². The minimum absolute atomic E-state index is 0. The van der Waals surface area contributed by atoms with Crippen LogP contribution in [0.5, 0.6) is 0 Å². The third-order valence-corrected chi connectivity index (χ3v) is 11.4. The van der Waals surface area contributed by atoms with Gasteiger partial charge in [-0.1, -0.05) is 69.7 Å². The van der Waals surface area contributed by atoms with Gasteiger partial charge in [-0.2, -0.15) is 0 Å². The smallest absolute Gasteiger partial charge is 0.744 e. The van der Waals surface area contributed by atoms with E-state index >= 15 is 0 Å². The van der Waals surface area contributed by atoms with Gasteiger partial charge in [0.15, 0.2) is 0 Å². The summed E-state index contributed by atoms with van der Waals surface area (Å²) in [5, 5.41) is 4.56. The monoisotopic (exact) mass is 743 g/mol. The maximum absolute atomic E-state index is 12.5. The van der Waals surface area contributed by atoms with Gasteiger partial charge in [-0.15, -0.1) is 0 Å². The fourth-order valence-electron chi connectivity index (χ4n) is 7.16. The second-order valence-electron chi connectivity index (χ2n) is 12.9. The molecule has 4 aromatic carbocycles. The molecule has 0 atom stereocenters. The van der Waals surface area contributed by atoms with Gasteiger partial charge in [-0.05, 0) is 97.7 Å². The zero-order valence-electron chi connectivity index (χ0n) is 31.0. The number of hydrogen-bond donors (Lipinski definition) is 1. The Kier molecular flexibility index (Phi) is 11.8. The maximum atomic E-state index is 12.5. The minimum Gasteiger partial charge on any atom is -0.744 e. The molecule has 270 valence electrons. The zero-order chi connectivity index (χ0) is 37.5. The van der Waals surface area contributed by atoms with Crippen LogP contribution >= 0.6 is 0 Å². The summed E-state index contributed by atoms with van der Waals surface area (Å²) in [5.41, 5.74) is 8.75. The number of rotatable bonds is 10. The van der Waals surface area contributed by atoms with E-state index < -0.39 is 20.2 Å². The molecular formula is C41H40LiN2O7S2-. The molecule has 0 amide bonds. The molecule has 0 bridgehead atoms. The molecule has 0 fully saturated rings. The van der Waals surface area contributed by atoms with Crippen molar-refractivity contribution in [3.63, 3.8) is 0 Å². The molecule has 0 aromatic heterocycles. The number of anilines is 2. The Balaban J connectivity index is 0.00000541. The third-order valence-electron chi connectivity index (χ3n) is 9.45. The van der Waals surface area contributed by atoms with Crippen molar-refractivity contribution in [2.75, 3.05) is 5.32 Å². The molecule has 1 N–H and O–H groups in total. The van der Waals surface area contributed by atoms with Crippen molar-refractivity contribution in [2.24, 2.45) is 4.99 Å². The van der Waals surface area contributed by atoms with Crippen LogP contribution in [0.2, 0.25) is 0 Å². The van der Waals surface area contributed by atoms with Crippen LogP contribution in [-0.4, -0.2) is 25.9 Å². The van der Waals surface area contributed by atoms with E-state index in [1.54, 1.807) is 56.3 Å². The standard InChI is InChI=1S/C41H42N2O7S2.Li/c1-7-26-19-24(5)20-27(8-2)39(26)42-29-15-17-32-35(22-29)50-36-23-30(16-18-33(36)38(32)34-13-11-12-14-37(34)51(44,45)46)43-40-28(9-3)21-25(6)41(31(40)10-4)52(47,48)49;/h11-23,43H,7-10H2,1-6H3,(H,44,45,46)(H,47,48,49);/q;+1/p-2. The average molecular weight is 744 g/mol. The fourth-order valence-corrected chi connectivity index (χ4v) is 8.85. The Morgan fingerprint density at radius 3 is 1.98 bits per heavy atom. The summed E-state index contributed by atoms with van der Waals surface area (Å²) in [6.45, 7) is 11.6. The van der Waals surface area contributed by atoms with Gasteiger partial charge in [0.25, 0.3) is 0 Å². The molecule has 0 saturated carbocycles. The second kappa shape index (κ2) is 15.6. The first kappa shape index (κ1) is 40.0. The van der Waals surface area contributed by atoms with Crippen LogP contribution in [0.1, 0.15) is 61.1 Å². The van der Waals surface area contributed by atoms with Crippen LogP contribution in [0.4, 0.5) is 17.1 Å². The van der Waals surface area contributed by atoms with Gasteiger partial charge in [0.2, 0.25) is 0 Å². The van der Waals surface area contributed by atoms with Crippen LogP contribution < -0.4 is 29.5 Å². The first-order valence-electron chi connectivity index (χ1n) is 17.3. The van der Waals surface area contributed by atoms with Crippen molar-refractivity contribution in [1.29, 1.82) is 0 Å². The molecule has 0 spiro atoms. The van der Waals surface area contributed by atoms with Crippen molar-refractivity contribution in [3.8, 4) is 22.5 Å². The first-order chi connectivity index (χ1) is 24.7. The molecule has 0 saturated heterocycles. The van der Waals surface area contributed by atoms with Crippen LogP contribution in [0.25, 0.3) is 33.4 Å². The molecule has 2 aliphatic rings. The van der Waals surface area contributed by atoms with Crippen LogP contribution in [0.15, 0.2) is 98.1 Å². The average Bonchev–Trinajstić information content (AvgIpc) is 3.10. The normalized spacial score (nSPS) is 12.3. The molecule has 1 aliphatic heterocycles.